The van der Waals surface area contributed by atoms with Crippen LogP contribution in [0.25, 0.3) is 11.0 Å². The highest BCUT2D eigenvalue weighted by molar-refractivity contribution is 6.09. The monoisotopic (exact) mass is 271 g/mol. The SMILES string of the molecule is O=C1Nc2c(c3cccnc3[nH]c2=O)N2CCNCC12. The van der Waals surface area contributed by atoms with Crippen molar-refractivity contribution in [3.8, 4) is 0 Å². The summed E-state index contributed by atoms with van der Waals surface area (Å²) in [4.78, 5) is 33.2. The highest BCUT2D eigenvalue weighted by Gasteiger charge is 2.37. The Morgan fingerprint density at radius 1 is 1.35 bits per heavy atom. The van der Waals surface area contributed by atoms with Crippen molar-refractivity contribution in [2.75, 3.05) is 29.9 Å². The molecule has 1 saturated heterocycles. The molecule has 1 unspecified atom stereocenters. The Hall–Kier alpha value is -2.41. The van der Waals surface area contributed by atoms with Crippen molar-refractivity contribution in [3.63, 3.8) is 0 Å². The Balaban J connectivity index is 2.05. The number of nitrogens with one attached hydrogen (secondary N) is 3. The predicted molar refractivity (Wildman–Crippen MR) is 75.0 cm³/mol. The maximum atomic E-state index is 12.1. The summed E-state index contributed by atoms with van der Waals surface area (Å²) in [5.74, 6) is -0.140. The number of anilines is 2. The average molecular weight is 271 g/mol. The largest absolute Gasteiger partial charge is 0.355 e. The van der Waals surface area contributed by atoms with E-state index < -0.39 is 0 Å². The van der Waals surface area contributed by atoms with Gasteiger partial charge in [0.2, 0.25) is 5.91 Å². The Morgan fingerprint density at radius 3 is 3.15 bits per heavy atom. The van der Waals surface area contributed by atoms with Gasteiger partial charge in [0, 0.05) is 31.2 Å². The van der Waals surface area contributed by atoms with Crippen LogP contribution in [0.3, 0.4) is 0 Å². The molecule has 1 fully saturated rings. The molecule has 102 valence electrons. The zero-order valence-corrected chi connectivity index (χ0v) is 10.6. The average Bonchev–Trinajstić information content (AvgIpc) is 2.48. The maximum Gasteiger partial charge on any atom is 0.275 e. The van der Waals surface area contributed by atoms with Crippen LogP contribution in [0.1, 0.15) is 0 Å². The fraction of sp³-hybridized carbons (Fsp3) is 0.308. The van der Waals surface area contributed by atoms with Crippen LogP contribution in [0, 0.1) is 0 Å². The molecule has 0 aromatic carbocycles. The fourth-order valence-corrected chi connectivity index (χ4v) is 2.94. The fourth-order valence-electron chi connectivity index (χ4n) is 2.94. The number of piperazine rings is 1. The normalized spacial score (nSPS) is 21.3. The van der Waals surface area contributed by atoms with Gasteiger partial charge in [-0.3, -0.25) is 9.59 Å². The van der Waals surface area contributed by atoms with Crippen molar-refractivity contribution in [1.29, 1.82) is 0 Å². The molecular formula is C13H13N5O2. The summed E-state index contributed by atoms with van der Waals surface area (Å²) >= 11 is 0. The molecule has 0 bridgehead atoms. The minimum absolute atomic E-state index is 0.140. The van der Waals surface area contributed by atoms with E-state index in [1.54, 1.807) is 6.20 Å². The highest BCUT2D eigenvalue weighted by Crippen LogP contribution is 2.35. The van der Waals surface area contributed by atoms with Crippen LogP contribution < -0.4 is 21.1 Å². The van der Waals surface area contributed by atoms with Gasteiger partial charge in [0.1, 0.15) is 17.4 Å². The number of amides is 1. The molecular weight excluding hydrogens is 258 g/mol. The van der Waals surface area contributed by atoms with E-state index in [1.165, 1.54) is 0 Å². The quantitative estimate of drug-likeness (QED) is 0.609. The van der Waals surface area contributed by atoms with Crippen molar-refractivity contribution < 1.29 is 4.79 Å². The number of carbonyl (C=O) groups is 1. The van der Waals surface area contributed by atoms with Gasteiger partial charge < -0.3 is 20.5 Å². The topological polar surface area (TPSA) is 90.1 Å². The van der Waals surface area contributed by atoms with Gasteiger partial charge in [-0.25, -0.2) is 4.98 Å². The first-order chi connectivity index (χ1) is 9.75. The Bertz CT molecular complexity index is 769. The molecule has 1 amide bonds. The Labute approximate surface area is 114 Å². The lowest BCUT2D eigenvalue weighted by Gasteiger charge is -2.41. The van der Waals surface area contributed by atoms with E-state index >= 15 is 0 Å². The molecule has 2 aliphatic rings. The molecule has 0 saturated carbocycles. The third-order valence-corrected chi connectivity index (χ3v) is 3.84. The third kappa shape index (κ3) is 1.47. The third-order valence-electron chi connectivity index (χ3n) is 3.84. The summed E-state index contributed by atoms with van der Waals surface area (Å²) in [6, 6.07) is 3.46. The van der Waals surface area contributed by atoms with Crippen LogP contribution in [-0.4, -0.2) is 41.6 Å². The molecule has 7 nitrogen and oxygen atoms in total. The van der Waals surface area contributed by atoms with Gasteiger partial charge in [-0.2, -0.15) is 0 Å². The maximum absolute atomic E-state index is 12.1. The van der Waals surface area contributed by atoms with Crippen LogP contribution in [0.4, 0.5) is 11.4 Å². The van der Waals surface area contributed by atoms with Gasteiger partial charge in [-0.15, -0.1) is 0 Å². The predicted octanol–water partition coefficient (Wildman–Crippen LogP) is -0.347. The number of H-pyrrole nitrogens is 1. The van der Waals surface area contributed by atoms with E-state index in [9.17, 15) is 9.59 Å². The lowest BCUT2D eigenvalue weighted by Crippen LogP contribution is -2.59. The number of aromatic amines is 1. The molecule has 0 aliphatic carbocycles. The summed E-state index contributed by atoms with van der Waals surface area (Å²) in [6.45, 7) is 2.07. The van der Waals surface area contributed by atoms with Gasteiger partial charge in [0.25, 0.3) is 5.56 Å². The standard InChI is InChI=1S/C13H13N5O2/c19-12-8-6-14-4-5-18(8)10-7-2-1-3-15-11(7)17-13(20)9(10)16-12/h1-3,8,14H,4-6H2,(H,16,19)(H,15,17,20). The van der Waals surface area contributed by atoms with Crippen molar-refractivity contribution in [3.05, 3.63) is 28.7 Å². The van der Waals surface area contributed by atoms with Crippen LogP contribution in [0.2, 0.25) is 0 Å². The molecule has 0 radical (unpaired) electrons. The smallest absolute Gasteiger partial charge is 0.275 e. The number of nitrogens with zero attached hydrogens (tertiary/aromatic N) is 2. The van der Waals surface area contributed by atoms with Crippen molar-refractivity contribution >= 4 is 28.3 Å². The summed E-state index contributed by atoms with van der Waals surface area (Å²) in [6.07, 6.45) is 1.64. The molecule has 4 heterocycles. The number of pyridine rings is 2. The lowest BCUT2D eigenvalue weighted by atomic mass is 10.0. The van der Waals surface area contributed by atoms with Gasteiger partial charge in [-0.05, 0) is 12.1 Å². The van der Waals surface area contributed by atoms with E-state index in [0.29, 0.717) is 24.4 Å². The number of hydrogen-bond donors (Lipinski definition) is 3. The van der Waals surface area contributed by atoms with E-state index in [0.717, 1.165) is 17.6 Å². The summed E-state index contributed by atoms with van der Waals surface area (Å²) in [7, 11) is 0. The van der Waals surface area contributed by atoms with Crippen LogP contribution in [-0.2, 0) is 4.79 Å². The molecule has 3 N–H and O–H groups in total. The zero-order valence-electron chi connectivity index (χ0n) is 10.6. The summed E-state index contributed by atoms with van der Waals surface area (Å²) in [5.41, 5.74) is 1.35. The Morgan fingerprint density at radius 2 is 2.25 bits per heavy atom. The van der Waals surface area contributed by atoms with Crippen molar-refractivity contribution in [2.24, 2.45) is 0 Å². The van der Waals surface area contributed by atoms with Gasteiger partial charge in [0.15, 0.2) is 0 Å². The van der Waals surface area contributed by atoms with Gasteiger partial charge in [-0.1, -0.05) is 0 Å². The molecule has 4 rings (SSSR count). The molecule has 7 heteroatoms. The second-order valence-electron chi connectivity index (χ2n) is 4.98. The van der Waals surface area contributed by atoms with Crippen LogP contribution >= 0.6 is 0 Å². The number of rotatable bonds is 0. The first-order valence-electron chi connectivity index (χ1n) is 6.55. The number of aromatic nitrogens is 2. The highest BCUT2D eigenvalue weighted by atomic mass is 16.2. The Kier molecular flexibility index (Phi) is 2.31. The van der Waals surface area contributed by atoms with Crippen LogP contribution in [0.15, 0.2) is 23.1 Å². The second kappa shape index (κ2) is 4.04. The first kappa shape index (κ1) is 11.4. The van der Waals surface area contributed by atoms with Gasteiger partial charge in [0.05, 0.1) is 5.69 Å². The van der Waals surface area contributed by atoms with Gasteiger partial charge >= 0.3 is 0 Å². The summed E-state index contributed by atoms with van der Waals surface area (Å²) in [5, 5.41) is 6.79. The number of carbonyl (C=O) groups excluding carboxylic acids is 1. The van der Waals surface area contributed by atoms with E-state index in [2.05, 4.69) is 20.6 Å². The number of fused-ring (bicyclic) bond motifs is 5. The molecule has 20 heavy (non-hydrogen) atoms. The zero-order chi connectivity index (χ0) is 13.7. The second-order valence-corrected chi connectivity index (χ2v) is 4.98. The van der Waals surface area contributed by atoms with Crippen LogP contribution in [0.5, 0.6) is 0 Å². The van der Waals surface area contributed by atoms with E-state index in [4.69, 9.17) is 0 Å². The lowest BCUT2D eigenvalue weighted by molar-refractivity contribution is -0.117. The van der Waals surface area contributed by atoms with Crippen molar-refractivity contribution in [1.82, 2.24) is 15.3 Å². The summed E-state index contributed by atoms with van der Waals surface area (Å²) < 4.78 is 0. The molecule has 0 spiro atoms. The molecule has 2 aromatic rings. The number of hydrogen-bond acceptors (Lipinski definition) is 5. The minimum Gasteiger partial charge on any atom is -0.355 e. The molecule has 2 aromatic heterocycles. The van der Waals surface area contributed by atoms with E-state index in [-0.39, 0.29) is 17.5 Å². The molecule has 1 atom stereocenters. The minimum atomic E-state index is -0.309. The molecule has 2 aliphatic heterocycles. The first-order valence-corrected chi connectivity index (χ1v) is 6.55. The van der Waals surface area contributed by atoms with Crippen molar-refractivity contribution in [2.45, 2.75) is 6.04 Å². The van der Waals surface area contributed by atoms with E-state index in [1.807, 2.05) is 17.0 Å².